The Hall–Kier alpha value is -1.00. The van der Waals surface area contributed by atoms with Crippen LogP contribution in [0.3, 0.4) is 0 Å². The molecule has 1 aliphatic heterocycles. The minimum Gasteiger partial charge on any atom is -0.479 e. The number of ether oxygens (including phenoxy) is 1. The van der Waals surface area contributed by atoms with Crippen LogP contribution in [0.5, 0.6) is 0 Å². The second-order valence-corrected chi connectivity index (χ2v) is 4.58. The third-order valence-corrected chi connectivity index (χ3v) is 3.61. The van der Waals surface area contributed by atoms with E-state index in [1.807, 2.05) is 30.3 Å². The molecule has 1 heterocycles. The molecule has 15 heavy (non-hydrogen) atoms. The highest BCUT2D eigenvalue weighted by Gasteiger charge is 2.33. The molecule has 1 aliphatic rings. The summed E-state index contributed by atoms with van der Waals surface area (Å²) in [6.45, 7) is 0.519. The standard InChI is InChI=1S/C11H12O3S/c12-11(13)9-10(15-7-6-14-9)8-4-2-1-3-5-8/h1-5,9-10H,6-7H2,(H,12,13). The molecule has 1 aromatic rings. The molecule has 80 valence electrons. The van der Waals surface area contributed by atoms with Crippen molar-refractivity contribution in [1.82, 2.24) is 0 Å². The van der Waals surface area contributed by atoms with Crippen molar-refractivity contribution < 1.29 is 14.6 Å². The summed E-state index contributed by atoms with van der Waals surface area (Å²) < 4.78 is 5.29. The van der Waals surface area contributed by atoms with Crippen molar-refractivity contribution >= 4 is 17.7 Å². The monoisotopic (exact) mass is 224 g/mol. The van der Waals surface area contributed by atoms with Gasteiger partial charge in [-0.15, -0.1) is 11.8 Å². The van der Waals surface area contributed by atoms with Crippen molar-refractivity contribution in [2.75, 3.05) is 12.4 Å². The van der Waals surface area contributed by atoms with Crippen molar-refractivity contribution in [3.63, 3.8) is 0 Å². The van der Waals surface area contributed by atoms with E-state index in [0.29, 0.717) is 6.61 Å². The van der Waals surface area contributed by atoms with Gasteiger partial charge in [-0.2, -0.15) is 0 Å². The summed E-state index contributed by atoms with van der Waals surface area (Å²) in [5.74, 6) is -0.0281. The first-order valence-corrected chi connectivity index (χ1v) is 5.85. The summed E-state index contributed by atoms with van der Waals surface area (Å²) in [5.41, 5.74) is 1.02. The van der Waals surface area contributed by atoms with Crippen molar-refractivity contribution in [2.24, 2.45) is 0 Å². The van der Waals surface area contributed by atoms with Gasteiger partial charge in [0.05, 0.1) is 11.9 Å². The first kappa shape index (κ1) is 10.5. The lowest BCUT2D eigenvalue weighted by Gasteiger charge is -2.28. The Morgan fingerprint density at radius 3 is 2.80 bits per heavy atom. The normalized spacial score (nSPS) is 26.1. The van der Waals surface area contributed by atoms with Crippen LogP contribution in [0.1, 0.15) is 10.8 Å². The Labute approximate surface area is 92.4 Å². The van der Waals surface area contributed by atoms with E-state index in [0.717, 1.165) is 11.3 Å². The van der Waals surface area contributed by atoms with Gasteiger partial charge in [0.1, 0.15) is 0 Å². The van der Waals surface area contributed by atoms with Gasteiger partial charge in [0, 0.05) is 5.75 Å². The lowest BCUT2D eigenvalue weighted by molar-refractivity contribution is -0.150. The first-order valence-electron chi connectivity index (χ1n) is 4.80. The second kappa shape index (κ2) is 4.68. The van der Waals surface area contributed by atoms with E-state index < -0.39 is 12.1 Å². The number of carbonyl (C=O) groups is 1. The minimum absolute atomic E-state index is 0.0857. The lowest BCUT2D eigenvalue weighted by atomic mass is 10.1. The third kappa shape index (κ3) is 2.33. The van der Waals surface area contributed by atoms with Gasteiger partial charge < -0.3 is 9.84 Å². The molecule has 1 saturated heterocycles. The molecule has 0 aromatic heterocycles. The van der Waals surface area contributed by atoms with E-state index in [4.69, 9.17) is 9.84 Å². The number of hydrogen-bond donors (Lipinski definition) is 1. The number of aliphatic carboxylic acids is 1. The summed E-state index contributed by atoms with van der Waals surface area (Å²) in [6, 6.07) is 9.66. The Balaban J connectivity index is 2.22. The first-order chi connectivity index (χ1) is 7.29. The number of thioether (sulfide) groups is 1. The van der Waals surface area contributed by atoms with Crippen molar-refractivity contribution in [2.45, 2.75) is 11.4 Å². The highest BCUT2D eigenvalue weighted by Crippen LogP contribution is 2.36. The molecule has 1 fully saturated rings. The molecule has 0 bridgehead atoms. The average molecular weight is 224 g/mol. The zero-order valence-corrected chi connectivity index (χ0v) is 8.94. The molecule has 0 aliphatic carbocycles. The maximum Gasteiger partial charge on any atom is 0.334 e. The lowest BCUT2D eigenvalue weighted by Crippen LogP contribution is -2.33. The largest absolute Gasteiger partial charge is 0.479 e. The SMILES string of the molecule is O=C(O)C1OCCSC1c1ccccc1. The van der Waals surface area contributed by atoms with Crippen molar-refractivity contribution in [3.05, 3.63) is 35.9 Å². The quantitative estimate of drug-likeness (QED) is 0.834. The van der Waals surface area contributed by atoms with E-state index >= 15 is 0 Å². The molecule has 1 N–H and O–H groups in total. The fraction of sp³-hybridized carbons (Fsp3) is 0.364. The maximum absolute atomic E-state index is 11.0. The molecule has 2 atom stereocenters. The molecule has 1 aromatic carbocycles. The van der Waals surface area contributed by atoms with E-state index in [1.54, 1.807) is 11.8 Å². The van der Waals surface area contributed by atoms with Crippen LogP contribution in [0.4, 0.5) is 0 Å². The summed E-state index contributed by atoms with van der Waals surface area (Å²) in [5, 5.41) is 8.95. The number of carboxylic acids is 1. The summed E-state index contributed by atoms with van der Waals surface area (Å²) in [7, 11) is 0. The molecular formula is C11H12O3S. The van der Waals surface area contributed by atoms with Gasteiger partial charge in [-0.1, -0.05) is 30.3 Å². The smallest absolute Gasteiger partial charge is 0.334 e. The molecular weight excluding hydrogens is 212 g/mol. The maximum atomic E-state index is 11.0. The zero-order valence-electron chi connectivity index (χ0n) is 8.13. The minimum atomic E-state index is -0.879. The number of hydrogen-bond acceptors (Lipinski definition) is 3. The van der Waals surface area contributed by atoms with Crippen LogP contribution in [-0.4, -0.2) is 29.5 Å². The van der Waals surface area contributed by atoms with Crippen LogP contribution in [0, 0.1) is 0 Å². The average Bonchev–Trinajstić information content (AvgIpc) is 2.30. The highest BCUT2D eigenvalue weighted by atomic mass is 32.2. The summed E-state index contributed by atoms with van der Waals surface area (Å²) in [4.78, 5) is 11.0. The Morgan fingerprint density at radius 2 is 2.13 bits per heavy atom. The molecule has 0 spiro atoms. The number of carboxylic acid groups (broad SMARTS) is 1. The van der Waals surface area contributed by atoms with Crippen LogP contribution in [-0.2, 0) is 9.53 Å². The van der Waals surface area contributed by atoms with Gasteiger partial charge >= 0.3 is 5.97 Å². The molecule has 0 radical (unpaired) electrons. The second-order valence-electron chi connectivity index (χ2n) is 3.33. The van der Waals surface area contributed by atoms with Gasteiger partial charge in [0.25, 0.3) is 0 Å². The molecule has 0 amide bonds. The fourth-order valence-electron chi connectivity index (χ4n) is 1.64. The van der Waals surface area contributed by atoms with Gasteiger partial charge in [0.2, 0.25) is 0 Å². The molecule has 4 heteroatoms. The third-order valence-electron chi connectivity index (χ3n) is 2.32. The molecule has 3 nitrogen and oxygen atoms in total. The van der Waals surface area contributed by atoms with E-state index in [9.17, 15) is 4.79 Å². The van der Waals surface area contributed by atoms with E-state index in [-0.39, 0.29) is 5.25 Å². The Kier molecular flexibility index (Phi) is 3.28. The zero-order chi connectivity index (χ0) is 10.7. The van der Waals surface area contributed by atoms with Crippen LogP contribution in [0.2, 0.25) is 0 Å². The van der Waals surface area contributed by atoms with Gasteiger partial charge in [-0.3, -0.25) is 0 Å². The fourth-order valence-corrected chi connectivity index (χ4v) is 2.81. The Morgan fingerprint density at radius 1 is 1.40 bits per heavy atom. The van der Waals surface area contributed by atoms with Crippen LogP contribution >= 0.6 is 11.8 Å². The van der Waals surface area contributed by atoms with Gasteiger partial charge in [-0.25, -0.2) is 4.79 Å². The summed E-state index contributed by atoms with van der Waals surface area (Å²) >= 11 is 1.65. The van der Waals surface area contributed by atoms with Gasteiger partial charge in [0.15, 0.2) is 6.10 Å². The predicted molar refractivity (Wildman–Crippen MR) is 59.0 cm³/mol. The van der Waals surface area contributed by atoms with Crippen molar-refractivity contribution in [1.29, 1.82) is 0 Å². The molecule has 2 rings (SSSR count). The predicted octanol–water partition coefficient (Wildman–Crippen LogP) is 1.94. The van der Waals surface area contributed by atoms with Crippen LogP contribution in [0.25, 0.3) is 0 Å². The van der Waals surface area contributed by atoms with Gasteiger partial charge in [-0.05, 0) is 5.56 Å². The summed E-state index contributed by atoms with van der Waals surface area (Å²) in [6.07, 6.45) is -0.717. The van der Waals surface area contributed by atoms with Crippen molar-refractivity contribution in [3.8, 4) is 0 Å². The molecule has 0 saturated carbocycles. The van der Waals surface area contributed by atoms with E-state index in [2.05, 4.69) is 0 Å². The van der Waals surface area contributed by atoms with Crippen LogP contribution in [0.15, 0.2) is 30.3 Å². The van der Waals surface area contributed by atoms with Crippen LogP contribution < -0.4 is 0 Å². The highest BCUT2D eigenvalue weighted by molar-refractivity contribution is 7.99. The number of benzene rings is 1. The topological polar surface area (TPSA) is 46.5 Å². The van der Waals surface area contributed by atoms with E-state index in [1.165, 1.54) is 0 Å². The number of rotatable bonds is 2. The molecule has 2 unspecified atom stereocenters. The Bertz CT molecular complexity index is 339.